The number of benzene rings is 1. The van der Waals surface area contributed by atoms with Crippen LogP contribution in [0.25, 0.3) is 0 Å². The molecule has 7 heteroatoms. The number of hydrogen-bond donors (Lipinski definition) is 0. The summed E-state index contributed by atoms with van der Waals surface area (Å²) in [5.74, 6) is -1.42. The Bertz CT molecular complexity index is 658. The fourth-order valence-corrected chi connectivity index (χ4v) is 2.73. The molecule has 2 aliphatic rings. The second-order valence-corrected chi connectivity index (χ2v) is 7.46. The van der Waals surface area contributed by atoms with Crippen molar-refractivity contribution in [3.63, 3.8) is 0 Å². The summed E-state index contributed by atoms with van der Waals surface area (Å²) in [6, 6.07) is 2.16. The molecule has 0 bridgehead atoms. The van der Waals surface area contributed by atoms with E-state index in [9.17, 15) is 13.6 Å². The van der Waals surface area contributed by atoms with Gasteiger partial charge in [0.15, 0.2) is 0 Å². The van der Waals surface area contributed by atoms with Gasteiger partial charge in [-0.05, 0) is 51.8 Å². The number of likely N-dealkylation sites (tertiary alicyclic amines) is 1. The predicted octanol–water partition coefficient (Wildman–Crippen LogP) is 2.04. The quantitative estimate of drug-likeness (QED) is 0.793. The van der Waals surface area contributed by atoms with Gasteiger partial charge in [-0.3, -0.25) is 4.79 Å². The summed E-state index contributed by atoms with van der Waals surface area (Å²) >= 11 is 0. The molecule has 2 fully saturated rings. The first-order valence-electron chi connectivity index (χ1n) is 8.22. The molecule has 2 heterocycles. The van der Waals surface area contributed by atoms with Gasteiger partial charge >= 0.3 is 7.12 Å². The maximum atomic E-state index is 14.5. The highest BCUT2D eigenvalue weighted by Crippen LogP contribution is 2.36. The highest BCUT2D eigenvalue weighted by atomic mass is 19.1. The van der Waals surface area contributed by atoms with Gasteiger partial charge in [-0.1, -0.05) is 0 Å². The first-order chi connectivity index (χ1) is 11.1. The lowest BCUT2D eigenvalue weighted by Crippen LogP contribution is -2.43. The number of amides is 1. The third-order valence-corrected chi connectivity index (χ3v) is 5.22. The largest absolute Gasteiger partial charge is 0.497 e. The van der Waals surface area contributed by atoms with Gasteiger partial charge in [0.2, 0.25) is 5.91 Å². The van der Waals surface area contributed by atoms with Crippen molar-refractivity contribution in [1.82, 2.24) is 4.90 Å². The molecule has 130 valence electrons. The standard InChI is InChI=1S/C17H22BF2NO3/c1-16(2)17(3,4)24-18(23-16)12-10-13(19)11(8-14(12)20)9-15(22)21-6-5-7-21/h8,10H,5-7,9H2,1-4H3. The fourth-order valence-electron chi connectivity index (χ4n) is 2.73. The lowest BCUT2D eigenvalue weighted by Gasteiger charge is -2.32. The Morgan fingerprint density at radius 2 is 1.71 bits per heavy atom. The molecular weight excluding hydrogens is 315 g/mol. The third kappa shape index (κ3) is 2.95. The molecular formula is C17H22BF2NO3. The first-order valence-corrected chi connectivity index (χ1v) is 8.22. The smallest absolute Gasteiger partial charge is 0.399 e. The number of hydrogen-bond acceptors (Lipinski definition) is 3. The summed E-state index contributed by atoms with van der Waals surface area (Å²) < 4.78 is 40.4. The van der Waals surface area contributed by atoms with Crippen molar-refractivity contribution < 1.29 is 22.9 Å². The highest BCUT2D eigenvalue weighted by Gasteiger charge is 2.52. The number of nitrogens with zero attached hydrogens (tertiary/aromatic N) is 1. The van der Waals surface area contributed by atoms with E-state index < -0.39 is 30.0 Å². The monoisotopic (exact) mass is 337 g/mol. The van der Waals surface area contributed by atoms with E-state index in [1.807, 2.05) is 27.7 Å². The maximum absolute atomic E-state index is 14.5. The normalized spacial score (nSPS) is 21.8. The maximum Gasteiger partial charge on any atom is 0.497 e. The molecule has 1 amide bonds. The molecule has 0 saturated carbocycles. The zero-order chi connectivity index (χ0) is 17.7. The summed E-state index contributed by atoms with van der Waals surface area (Å²) in [5.41, 5.74) is -1.18. The minimum absolute atomic E-state index is 0.0197. The average Bonchev–Trinajstić information content (AvgIpc) is 2.60. The summed E-state index contributed by atoms with van der Waals surface area (Å²) in [6.45, 7) is 8.77. The van der Waals surface area contributed by atoms with Gasteiger partial charge in [0.05, 0.1) is 17.6 Å². The predicted molar refractivity (Wildman–Crippen MR) is 87.0 cm³/mol. The van der Waals surface area contributed by atoms with Crippen LogP contribution >= 0.6 is 0 Å². The van der Waals surface area contributed by atoms with Crippen LogP contribution in [-0.2, 0) is 20.5 Å². The van der Waals surface area contributed by atoms with Crippen LogP contribution in [0.1, 0.15) is 39.7 Å². The van der Waals surface area contributed by atoms with Gasteiger partial charge in [-0.15, -0.1) is 0 Å². The van der Waals surface area contributed by atoms with E-state index in [4.69, 9.17) is 9.31 Å². The van der Waals surface area contributed by atoms with Crippen LogP contribution in [-0.4, -0.2) is 42.2 Å². The molecule has 24 heavy (non-hydrogen) atoms. The number of rotatable bonds is 3. The Balaban J connectivity index is 1.81. The Kier molecular flexibility index (Phi) is 4.20. The topological polar surface area (TPSA) is 38.8 Å². The van der Waals surface area contributed by atoms with Crippen LogP contribution in [0.5, 0.6) is 0 Å². The Hall–Kier alpha value is -1.47. The number of carbonyl (C=O) groups is 1. The van der Waals surface area contributed by atoms with Crippen LogP contribution in [0, 0.1) is 11.6 Å². The third-order valence-electron chi connectivity index (χ3n) is 5.22. The van der Waals surface area contributed by atoms with E-state index in [0.29, 0.717) is 13.1 Å². The van der Waals surface area contributed by atoms with Crippen molar-refractivity contribution in [2.45, 2.75) is 51.7 Å². The number of halogens is 2. The van der Waals surface area contributed by atoms with Crippen molar-refractivity contribution in [3.05, 3.63) is 29.3 Å². The molecule has 0 N–H and O–H groups in total. The van der Waals surface area contributed by atoms with E-state index >= 15 is 0 Å². The van der Waals surface area contributed by atoms with E-state index in [1.54, 1.807) is 4.90 Å². The molecule has 0 aliphatic carbocycles. The molecule has 1 aromatic carbocycles. The lowest BCUT2D eigenvalue weighted by atomic mass is 9.78. The second kappa shape index (κ2) is 5.81. The van der Waals surface area contributed by atoms with E-state index in [1.165, 1.54) is 0 Å². The Labute approximate surface area is 141 Å². The lowest BCUT2D eigenvalue weighted by molar-refractivity contribution is -0.133. The molecule has 4 nitrogen and oxygen atoms in total. The zero-order valence-corrected chi connectivity index (χ0v) is 14.5. The van der Waals surface area contributed by atoms with Crippen LogP contribution in [0.2, 0.25) is 0 Å². The van der Waals surface area contributed by atoms with Crippen molar-refractivity contribution >= 4 is 18.5 Å². The van der Waals surface area contributed by atoms with E-state index in [0.717, 1.165) is 18.6 Å². The summed E-state index contributed by atoms with van der Waals surface area (Å²) in [6.07, 6.45) is 0.829. The molecule has 0 aromatic heterocycles. The molecule has 2 saturated heterocycles. The van der Waals surface area contributed by atoms with Gasteiger partial charge in [0.25, 0.3) is 0 Å². The van der Waals surface area contributed by atoms with Crippen molar-refractivity contribution in [2.24, 2.45) is 0 Å². The van der Waals surface area contributed by atoms with E-state index in [-0.39, 0.29) is 23.4 Å². The minimum atomic E-state index is -0.968. The Morgan fingerprint density at radius 3 is 2.21 bits per heavy atom. The van der Waals surface area contributed by atoms with Gasteiger partial charge in [0, 0.05) is 18.6 Å². The van der Waals surface area contributed by atoms with Gasteiger partial charge in [-0.25, -0.2) is 8.78 Å². The highest BCUT2D eigenvalue weighted by molar-refractivity contribution is 6.62. The minimum Gasteiger partial charge on any atom is -0.399 e. The zero-order valence-electron chi connectivity index (χ0n) is 14.5. The molecule has 2 aliphatic heterocycles. The number of carbonyl (C=O) groups excluding carboxylic acids is 1. The second-order valence-electron chi connectivity index (χ2n) is 7.46. The summed E-state index contributed by atoms with van der Waals surface area (Å²) in [7, 11) is -0.968. The van der Waals surface area contributed by atoms with Crippen molar-refractivity contribution in [2.75, 3.05) is 13.1 Å². The van der Waals surface area contributed by atoms with Crippen LogP contribution in [0.3, 0.4) is 0 Å². The molecule has 3 rings (SSSR count). The van der Waals surface area contributed by atoms with Crippen LogP contribution in [0.15, 0.2) is 12.1 Å². The van der Waals surface area contributed by atoms with Crippen molar-refractivity contribution in [3.8, 4) is 0 Å². The van der Waals surface area contributed by atoms with E-state index in [2.05, 4.69) is 0 Å². The van der Waals surface area contributed by atoms with Crippen LogP contribution < -0.4 is 5.46 Å². The fraction of sp³-hybridized carbons (Fsp3) is 0.588. The average molecular weight is 337 g/mol. The molecule has 1 aromatic rings. The molecule has 0 radical (unpaired) electrons. The molecule has 0 atom stereocenters. The SMILES string of the molecule is CC1(C)OB(c2cc(F)c(CC(=O)N3CCC3)cc2F)OC1(C)C. The summed E-state index contributed by atoms with van der Waals surface area (Å²) in [5, 5.41) is 0. The van der Waals surface area contributed by atoms with Gasteiger partial charge < -0.3 is 14.2 Å². The van der Waals surface area contributed by atoms with Gasteiger partial charge in [0.1, 0.15) is 11.6 Å². The first kappa shape index (κ1) is 17.4. The molecule has 0 spiro atoms. The van der Waals surface area contributed by atoms with Gasteiger partial charge in [-0.2, -0.15) is 0 Å². The summed E-state index contributed by atoms with van der Waals surface area (Å²) in [4.78, 5) is 13.6. The molecule has 0 unspecified atom stereocenters. The van der Waals surface area contributed by atoms with Crippen molar-refractivity contribution in [1.29, 1.82) is 0 Å². The van der Waals surface area contributed by atoms with Crippen LogP contribution in [0.4, 0.5) is 8.78 Å². The Morgan fingerprint density at radius 1 is 1.12 bits per heavy atom.